The highest BCUT2D eigenvalue weighted by molar-refractivity contribution is 9.10. The Balaban J connectivity index is 1.77. The van der Waals surface area contributed by atoms with E-state index in [9.17, 15) is 0 Å². The minimum Gasteiger partial charge on any atom is -0.360 e. The third kappa shape index (κ3) is 1.99. The van der Waals surface area contributed by atoms with Crippen molar-refractivity contribution in [3.8, 4) is 0 Å². The quantitative estimate of drug-likeness (QED) is 0.507. The third-order valence-corrected chi connectivity index (χ3v) is 4.39. The van der Waals surface area contributed by atoms with E-state index in [-0.39, 0.29) is 0 Å². The number of benzene rings is 1. The van der Waals surface area contributed by atoms with Crippen LogP contribution in [0.2, 0.25) is 0 Å². The van der Waals surface area contributed by atoms with Gasteiger partial charge in [0.05, 0.1) is 5.52 Å². The first kappa shape index (κ1) is 13.5. The molecule has 0 fully saturated rings. The molecule has 0 saturated heterocycles. The van der Waals surface area contributed by atoms with Crippen LogP contribution in [0.3, 0.4) is 0 Å². The smallest absolute Gasteiger partial charge is 0.221 e. The second kappa shape index (κ2) is 5.06. The molecular formula is C14H9BrN8O. The third-order valence-electron chi connectivity index (χ3n) is 3.90. The van der Waals surface area contributed by atoms with Crippen LogP contribution in [-0.4, -0.2) is 40.3 Å². The summed E-state index contributed by atoms with van der Waals surface area (Å²) in [5.41, 5.74) is 3.74. The molecule has 5 aromatic rings. The Hall–Kier alpha value is -2.88. The van der Waals surface area contributed by atoms with Crippen LogP contribution in [0.1, 0.15) is 5.82 Å². The van der Waals surface area contributed by atoms with Gasteiger partial charge in [0, 0.05) is 22.8 Å². The van der Waals surface area contributed by atoms with Crippen molar-refractivity contribution in [3.05, 3.63) is 34.8 Å². The Labute approximate surface area is 142 Å². The number of rotatable bonds is 3. The molecule has 5 rings (SSSR count). The first-order chi connectivity index (χ1) is 11.8. The maximum Gasteiger partial charge on any atom is 0.221 e. The number of fused-ring (bicyclic) bond motifs is 4. The van der Waals surface area contributed by atoms with E-state index in [0.717, 1.165) is 26.5 Å². The molecule has 24 heavy (non-hydrogen) atoms. The number of aromatic amines is 1. The lowest BCUT2D eigenvalue weighted by Crippen LogP contribution is -2.03. The number of H-pyrrole nitrogens is 1. The van der Waals surface area contributed by atoms with Gasteiger partial charge in [-0.3, -0.25) is 0 Å². The standard InChI is InChI=1S/C14H9BrN8O/c15-7-1-2-8-10(5-7)23(4-3-11-18-21-22-19-11)14-12(8)17-13-9(16-14)6-24-20-13/h1-2,5-6H,3-4H2,(H,18,19,21,22). The van der Waals surface area contributed by atoms with Gasteiger partial charge >= 0.3 is 0 Å². The summed E-state index contributed by atoms with van der Waals surface area (Å²) < 4.78 is 8.07. The van der Waals surface area contributed by atoms with Crippen molar-refractivity contribution >= 4 is 49.2 Å². The fraction of sp³-hybridized carbons (Fsp3) is 0.143. The highest BCUT2D eigenvalue weighted by atomic mass is 79.9. The number of hydrogen-bond donors (Lipinski definition) is 1. The molecule has 1 aromatic carbocycles. The van der Waals surface area contributed by atoms with Crippen molar-refractivity contribution in [2.75, 3.05) is 0 Å². The molecule has 0 aliphatic rings. The molecule has 4 aromatic heterocycles. The van der Waals surface area contributed by atoms with Gasteiger partial charge in [0.2, 0.25) is 5.65 Å². The topological polar surface area (TPSA) is 111 Å². The first-order valence-electron chi connectivity index (χ1n) is 7.21. The summed E-state index contributed by atoms with van der Waals surface area (Å²) in [6.07, 6.45) is 2.13. The predicted octanol–water partition coefficient (Wildman–Crippen LogP) is 2.24. The second-order valence-corrected chi connectivity index (χ2v) is 6.23. The molecule has 0 atom stereocenters. The lowest BCUT2D eigenvalue weighted by molar-refractivity contribution is 0.426. The molecule has 0 aliphatic carbocycles. The van der Waals surface area contributed by atoms with Gasteiger partial charge in [0.15, 0.2) is 23.3 Å². The van der Waals surface area contributed by atoms with Gasteiger partial charge in [-0.2, -0.15) is 5.21 Å². The Morgan fingerprint density at radius 3 is 3.08 bits per heavy atom. The minimum atomic E-state index is 0.502. The summed E-state index contributed by atoms with van der Waals surface area (Å²) in [4.78, 5) is 9.28. The largest absolute Gasteiger partial charge is 0.360 e. The molecule has 10 heteroatoms. The summed E-state index contributed by atoms with van der Waals surface area (Å²) in [5, 5.41) is 19.0. The maximum absolute atomic E-state index is 4.97. The lowest BCUT2D eigenvalue weighted by Gasteiger charge is -2.04. The summed E-state index contributed by atoms with van der Waals surface area (Å²) in [7, 11) is 0. The average molecular weight is 385 g/mol. The summed E-state index contributed by atoms with van der Waals surface area (Å²) >= 11 is 3.53. The SMILES string of the molecule is Brc1ccc2c3nc4nocc4nc3n(CCc3nn[nH]n3)c2c1. The molecule has 0 spiro atoms. The van der Waals surface area contributed by atoms with Crippen LogP contribution in [0.15, 0.2) is 33.5 Å². The van der Waals surface area contributed by atoms with E-state index in [2.05, 4.69) is 62.3 Å². The molecule has 4 heterocycles. The van der Waals surface area contributed by atoms with Gasteiger partial charge in [-0.1, -0.05) is 26.3 Å². The van der Waals surface area contributed by atoms with E-state index < -0.39 is 0 Å². The van der Waals surface area contributed by atoms with Gasteiger partial charge < -0.3 is 9.09 Å². The monoisotopic (exact) mass is 384 g/mol. The van der Waals surface area contributed by atoms with Crippen molar-refractivity contribution in [2.24, 2.45) is 0 Å². The zero-order valence-electron chi connectivity index (χ0n) is 12.1. The zero-order chi connectivity index (χ0) is 16.1. The first-order valence-corrected chi connectivity index (χ1v) is 8.01. The van der Waals surface area contributed by atoms with Crippen LogP contribution < -0.4 is 0 Å². The van der Waals surface area contributed by atoms with Crippen LogP contribution in [0.5, 0.6) is 0 Å². The van der Waals surface area contributed by atoms with Crippen molar-refractivity contribution in [3.63, 3.8) is 0 Å². The second-order valence-electron chi connectivity index (χ2n) is 5.31. The lowest BCUT2D eigenvalue weighted by atomic mass is 10.2. The van der Waals surface area contributed by atoms with Crippen LogP contribution in [0.4, 0.5) is 0 Å². The Morgan fingerprint density at radius 1 is 1.25 bits per heavy atom. The zero-order valence-corrected chi connectivity index (χ0v) is 13.7. The predicted molar refractivity (Wildman–Crippen MR) is 88.2 cm³/mol. The minimum absolute atomic E-state index is 0.502. The molecule has 0 aliphatic heterocycles. The van der Waals surface area contributed by atoms with E-state index in [4.69, 9.17) is 4.52 Å². The fourth-order valence-corrected chi connectivity index (χ4v) is 3.19. The molecule has 118 valence electrons. The molecule has 0 unspecified atom stereocenters. The number of aromatic nitrogens is 8. The highest BCUT2D eigenvalue weighted by Crippen LogP contribution is 2.30. The van der Waals surface area contributed by atoms with Gasteiger partial charge in [-0.05, 0) is 18.2 Å². The maximum atomic E-state index is 4.97. The van der Waals surface area contributed by atoms with E-state index >= 15 is 0 Å². The summed E-state index contributed by atoms with van der Waals surface area (Å²) in [6, 6.07) is 6.06. The van der Waals surface area contributed by atoms with Crippen LogP contribution in [0, 0.1) is 0 Å². The fourth-order valence-electron chi connectivity index (χ4n) is 2.84. The van der Waals surface area contributed by atoms with Gasteiger partial charge in [0.25, 0.3) is 0 Å². The number of tetrazole rings is 1. The Kier molecular flexibility index (Phi) is 2.86. The normalized spacial score (nSPS) is 11.9. The molecule has 1 N–H and O–H groups in total. The molecule has 0 amide bonds. The van der Waals surface area contributed by atoms with Crippen LogP contribution >= 0.6 is 15.9 Å². The summed E-state index contributed by atoms with van der Waals surface area (Å²) in [5.74, 6) is 0.652. The van der Waals surface area contributed by atoms with Crippen molar-refractivity contribution in [1.29, 1.82) is 0 Å². The Bertz CT molecular complexity index is 1180. The van der Waals surface area contributed by atoms with E-state index in [1.54, 1.807) is 0 Å². The van der Waals surface area contributed by atoms with Crippen LogP contribution in [0.25, 0.3) is 33.2 Å². The number of nitrogens with one attached hydrogen (secondary N) is 1. The molecule has 0 radical (unpaired) electrons. The van der Waals surface area contributed by atoms with Crippen molar-refractivity contribution in [2.45, 2.75) is 13.0 Å². The molecule has 9 nitrogen and oxygen atoms in total. The van der Waals surface area contributed by atoms with Gasteiger partial charge in [0.1, 0.15) is 5.52 Å². The van der Waals surface area contributed by atoms with Crippen LogP contribution in [-0.2, 0) is 13.0 Å². The molecular weight excluding hydrogens is 376 g/mol. The van der Waals surface area contributed by atoms with Gasteiger partial charge in [-0.25, -0.2) is 9.97 Å². The van der Waals surface area contributed by atoms with E-state index in [1.807, 2.05) is 12.1 Å². The molecule has 0 bridgehead atoms. The highest BCUT2D eigenvalue weighted by Gasteiger charge is 2.16. The average Bonchev–Trinajstić information content (AvgIpc) is 3.30. The van der Waals surface area contributed by atoms with Gasteiger partial charge in [-0.15, -0.1) is 10.2 Å². The van der Waals surface area contributed by atoms with E-state index in [1.165, 1.54) is 6.26 Å². The number of hydrogen-bond acceptors (Lipinski definition) is 7. The van der Waals surface area contributed by atoms with Crippen molar-refractivity contribution < 1.29 is 4.52 Å². The van der Waals surface area contributed by atoms with Crippen molar-refractivity contribution in [1.82, 2.24) is 40.3 Å². The number of aryl methyl sites for hydroxylation is 2. The molecule has 0 saturated carbocycles. The van der Waals surface area contributed by atoms with E-state index in [0.29, 0.717) is 30.0 Å². The Morgan fingerprint density at radius 2 is 2.21 bits per heavy atom. The summed E-state index contributed by atoms with van der Waals surface area (Å²) in [6.45, 7) is 0.654. The number of halogens is 1. The number of nitrogens with zero attached hydrogens (tertiary/aromatic N) is 7.